The topological polar surface area (TPSA) is 80.9 Å². The van der Waals surface area contributed by atoms with E-state index in [-0.39, 0.29) is 11.0 Å². The predicted molar refractivity (Wildman–Crippen MR) is 115 cm³/mol. The summed E-state index contributed by atoms with van der Waals surface area (Å²) in [5.74, 6) is -0.144. The van der Waals surface area contributed by atoms with Gasteiger partial charge in [-0.15, -0.1) is 0 Å². The van der Waals surface area contributed by atoms with Crippen LogP contribution < -0.4 is 11.1 Å². The first kappa shape index (κ1) is 20.8. The lowest BCUT2D eigenvalue weighted by molar-refractivity contribution is -0.137. The molecular formula is C22H17F3N4OS. The van der Waals surface area contributed by atoms with E-state index in [2.05, 4.69) is 14.7 Å². The van der Waals surface area contributed by atoms with Crippen LogP contribution in [0.1, 0.15) is 34.2 Å². The summed E-state index contributed by atoms with van der Waals surface area (Å²) in [5.41, 5.74) is 6.92. The molecule has 4 aromatic rings. The molecule has 1 amide bonds. The van der Waals surface area contributed by atoms with Gasteiger partial charge < -0.3 is 11.1 Å². The number of benzene rings is 3. The van der Waals surface area contributed by atoms with Gasteiger partial charge in [-0.2, -0.15) is 17.5 Å². The van der Waals surface area contributed by atoms with Crippen LogP contribution in [0.15, 0.2) is 60.7 Å². The summed E-state index contributed by atoms with van der Waals surface area (Å²) in [6.45, 7) is 1.87. The number of hydrogen-bond acceptors (Lipinski definition) is 5. The third-order valence-electron chi connectivity index (χ3n) is 4.83. The second-order valence-electron chi connectivity index (χ2n) is 7.00. The molecule has 0 saturated carbocycles. The van der Waals surface area contributed by atoms with Gasteiger partial charge in [0.2, 0.25) is 5.01 Å². The van der Waals surface area contributed by atoms with Crippen molar-refractivity contribution in [3.8, 4) is 11.1 Å². The summed E-state index contributed by atoms with van der Waals surface area (Å²) in [6, 6.07) is 16.3. The zero-order valence-corrected chi connectivity index (χ0v) is 17.1. The molecule has 158 valence electrons. The molecule has 3 aromatic carbocycles. The number of nitrogens with two attached hydrogens (primary N) is 1. The summed E-state index contributed by atoms with van der Waals surface area (Å²) in [5, 5.41) is 5.30. The van der Waals surface area contributed by atoms with Crippen LogP contribution in [0.5, 0.6) is 0 Å². The van der Waals surface area contributed by atoms with Crippen molar-refractivity contribution >= 4 is 33.9 Å². The Balaban J connectivity index is 1.61. The molecule has 1 heterocycles. The Morgan fingerprint density at radius 3 is 2.48 bits per heavy atom. The molecule has 5 nitrogen and oxygen atoms in total. The number of primary amides is 1. The van der Waals surface area contributed by atoms with Crippen LogP contribution in [0.25, 0.3) is 21.9 Å². The third kappa shape index (κ3) is 4.36. The smallest absolute Gasteiger partial charge is 0.375 e. The maximum absolute atomic E-state index is 12.8. The number of nitrogens with one attached hydrogen (secondary N) is 1. The van der Waals surface area contributed by atoms with Crippen molar-refractivity contribution in [2.75, 3.05) is 5.32 Å². The SMILES string of the molecule is CC(Nc1ccc2c(-c3ccc(C(F)(F)F)cc3)cccc2c1)c1nsc(C(N)=O)n1. The zero-order chi connectivity index (χ0) is 22.2. The fourth-order valence-electron chi connectivity index (χ4n) is 3.29. The van der Waals surface area contributed by atoms with Crippen molar-refractivity contribution in [3.63, 3.8) is 0 Å². The number of carbonyl (C=O) groups excluding carboxylic acids is 1. The van der Waals surface area contributed by atoms with Crippen LogP contribution in [-0.4, -0.2) is 15.3 Å². The van der Waals surface area contributed by atoms with Gasteiger partial charge in [0.25, 0.3) is 5.91 Å². The third-order valence-corrected chi connectivity index (χ3v) is 5.57. The van der Waals surface area contributed by atoms with E-state index >= 15 is 0 Å². The van der Waals surface area contributed by atoms with Gasteiger partial charge in [-0.05, 0) is 64.6 Å². The van der Waals surface area contributed by atoms with Gasteiger partial charge in [-0.1, -0.05) is 36.4 Å². The minimum Gasteiger partial charge on any atom is -0.375 e. The van der Waals surface area contributed by atoms with Crippen molar-refractivity contribution in [1.82, 2.24) is 9.36 Å². The number of nitrogens with zero attached hydrogens (tertiary/aromatic N) is 2. The van der Waals surface area contributed by atoms with Crippen molar-refractivity contribution < 1.29 is 18.0 Å². The lowest BCUT2D eigenvalue weighted by Crippen LogP contribution is -2.12. The molecule has 0 aliphatic rings. The number of aromatic nitrogens is 2. The predicted octanol–water partition coefficient (Wildman–Crippen LogP) is 5.65. The van der Waals surface area contributed by atoms with E-state index in [1.807, 2.05) is 43.3 Å². The number of amides is 1. The van der Waals surface area contributed by atoms with Gasteiger partial charge in [-0.3, -0.25) is 4.79 Å². The Morgan fingerprint density at radius 2 is 1.84 bits per heavy atom. The molecule has 3 N–H and O–H groups in total. The lowest BCUT2D eigenvalue weighted by atomic mass is 9.97. The molecule has 0 fully saturated rings. The normalized spacial score (nSPS) is 12.6. The molecule has 0 bridgehead atoms. The Morgan fingerprint density at radius 1 is 1.10 bits per heavy atom. The molecule has 0 radical (unpaired) electrons. The zero-order valence-electron chi connectivity index (χ0n) is 16.3. The van der Waals surface area contributed by atoms with Crippen LogP contribution >= 0.6 is 11.5 Å². The highest BCUT2D eigenvalue weighted by atomic mass is 32.1. The molecule has 1 aromatic heterocycles. The molecule has 4 rings (SSSR count). The second-order valence-corrected chi connectivity index (χ2v) is 7.76. The van der Waals surface area contributed by atoms with Crippen LogP contribution in [0, 0.1) is 0 Å². The molecular weight excluding hydrogens is 425 g/mol. The fraction of sp³-hybridized carbons (Fsp3) is 0.136. The number of hydrogen-bond donors (Lipinski definition) is 2. The number of halogens is 3. The average Bonchev–Trinajstić information content (AvgIpc) is 3.23. The standard InChI is InChI=1S/C22H17F3N4OS/c1-12(20-28-21(19(26)30)31-29-20)27-16-9-10-18-14(11-16)3-2-4-17(18)13-5-7-15(8-6-13)22(23,24)25/h2-12,27H,1H3,(H2,26,30). The van der Waals surface area contributed by atoms with Gasteiger partial charge >= 0.3 is 6.18 Å². The minimum absolute atomic E-state index is 0.156. The monoisotopic (exact) mass is 442 g/mol. The average molecular weight is 442 g/mol. The molecule has 1 atom stereocenters. The summed E-state index contributed by atoms with van der Waals surface area (Å²) in [6.07, 6.45) is -4.36. The van der Waals surface area contributed by atoms with Crippen molar-refractivity contribution in [3.05, 3.63) is 77.1 Å². The van der Waals surface area contributed by atoms with E-state index in [0.717, 1.165) is 45.7 Å². The summed E-state index contributed by atoms with van der Waals surface area (Å²) < 4.78 is 42.7. The first-order valence-electron chi connectivity index (χ1n) is 9.33. The summed E-state index contributed by atoms with van der Waals surface area (Å²) >= 11 is 0.955. The quantitative estimate of drug-likeness (QED) is 0.419. The first-order chi connectivity index (χ1) is 14.7. The molecule has 0 saturated heterocycles. The van der Waals surface area contributed by atoms with E-state index in [1.165, 1.54) is 12.1 Å². The van der Waals surface area contributed by atoms with Crippen molar-refractivity contribution in [1.29, 1.82) is 0 Å². The number of rotatable bonds is 5. The Hall–Kier alpha value is -3.46. The highest BCUT2D eigenvalue weighted by Crippen LogP contribution is 2.34. The first-order valence-corrected chi connectivity index (χ1v) is 10.1. The number of carbonyl (C=O) groups is 1. The largest absolute Gasteiger partial charge is 0.416 e. The molecule has 1 unspecified atom stereocenters. The second kappa shape index (κ2) is 7.99. The molecule has 31 heavy (non-hydrogen) atoms. The molecule has 0 aliphatic heterocycles. The number of anilines is 1. The van der Waals surface area contributed by atoms with Gasteiger partial charge in [0, 0.05) is 5.69 Å². The van der Waals surface area contributed by atoms with Gasteiger partial charge in [0.1, 0.15) is 0 Å². The van der Waals surface area contributed by atoms with Crippen LogP contribution in [0.3, 0.4) is 0 Å². The summed E-state index contributed by atoms with van der Waals surface area (Å²) in [4.78, 5) is 15.3. The highest BCUT2D eigenvalue weighted by molar-refractivity contribution is 7.07. The van der Waals surface area contributed by atoms with E-state index in [9.17, 15) is 18.0 Å². The van der Waals surface area contributed by atoms with Gasteiger partial charge in [-0.25, -0.2) is 4.98 Å². The molecule has 9 heteroatoms. The van der Waals surface area contributed by atoms with E-state index in [0.29, 0.717) is 11.4 Å². The summed E-state index contributed by atoms with van der Waals surface area (Å²) in [7, 11) is 0. The van der Waals surface area contributed by atoms with Crippen LogP contribution in [0.2, 0.25) is 0 Å². The Kier molecular flexibility index (Phi) is 5.36. The maximum atomic E-state index is 12.8. The van der Waals surface area contributed by atoms with Crippen molar-refractivity contribution in [2.24, 2.45) is 5.73 Å². The number of fused-ring (bicyclic) bond motifs is 1. The van der Waals surface area contributed by atoms with E-state index < -0.39 is 17.6 Å². The highest BCUT2D eigenvalue weighted by Gasteiger charge is 2.30. The fourth-order valence-corrected chi connectivity index (χ4v) is 3.89. The van der Waals surface area contributed by atoms with Crippen LogP contribution in [-0.2, 0) is 6.18 Å². The van der Waals surface area contributed by atoms with E-state index in [1.54, 1.807) is 0 Å². The maximum Gasteiger partial charge on any atom is 0.416 e. The van der Waals surface area contributed by atoms with Crippen LogP contribution in [0.4, 0.5) is 18.9 Å². The molecule has 0 aliphatic carbocycles. The lowest BCUT2D eigenvalue weighted by Gasteiger charge is -2.14. The Labute approximate surface area is 179 Å². The van der Waals surface area contributed by atoms with Gasteiger partial charge in [0.15, 0.2) is 5.82 Å². The van der Waals surface area contributed by atoms with E-state index in [4.69, 9.17) is 5.73 Å². The molecule has 0 spiro atoms. The Bertz CT molecular complexity index is 1250. The number of alkyl halides is 3. The van der Waals surface area contributed by atoms with Gasteiger partial charge in [0.05, 0.1) is 11.6 Å². The minimum atomic E-state index is -4.36. The van der Waals surface area contributed by atoms with Crippen molar-refractivity contribution in [2.45, 2.75) is 19.1 Å².